The topological polar surface area (TPSA) is 105 Å². The Morgan fingerprint density at radius 2 is 1.89 bits per heavy atom. The van der Waals surface area contributed by atoms with Gasteiger partial charge in [0, 0.05) is 6.61 Å². The van der Waals surface area contributed by atoms with E-state index in [-0.39, 0.29) is 30.4 Å². The van der Waals surface area contributed by atoms with Crippen LogP contribution in [-0.4, -0.2) is 42.1 Å². The van der Waals surface area contributed by atoms with Crippen molar-refractivity contribution in [2.24, 2.45) is 11.8 Å². The smallest absolute Gasteiger partial charge is 0.326 e. The van der Waals surface area contributed by atoms with Crippen molar-refractivity contribution in [1.82, 2.24) is 10.6 Å². The summed E-state index contributed by atoms with van der Waals surface area (Å²) >= 11 is 0. The number of aliphatic carboxylic acids is 1. The Morgan fingerprint density at radius 3 is 2.50 bits per heavy atom. The number of hydrogen-bond acceptors (Lipinski definition) is 4. The van der Waals surface area contributed by atoms with E-state index < -0.39 is 17.9 Å². The van der Waals surface area contributed by atoms with Gasteiger partial charge >= 0.3 is 5.97 Å². The number of ether oxygens (including phenoxy) is 1. The van der Waals surface area contributed by atoms with Crippen LogP contribution in [0.1, 0.15) is 50.3 Å². The minimum Gasteiger partial charge on any atom is -0.480 e. The Bertz CT molecular complexity index is 687. The molecule has 0 aliphatic carbocycles. The van der Waals surface area contributed by atoms with E-state index in [1.54, 1.807) is 0 Å². The van der Waals surface area contributed by atoms with Gasteiger partial charge in [-0.05, 0) is 37.7 Å². The molecule has 7 heteroatoms. The van der Waals surface area contributed by atoms with Gasteiger partial charge < -0.3 is 20.5 Å². The molecule has 1 heterocycles. The van der Waals surface area contributed by atoms with Crippen molar-refractivity contribution in [2.45, 2.75) is 52.2 Å². The fourth-order valence-electron chi connectivity index (χ4n) is 3.37. The van der Waals surface area contributed by atoms with Crippen LogP contribution in [-0.2, 0) is 19.1 Å². The summed E-state index contributed by atoms with van der Waals surface area (Å²) in [5.41, 5.74) is 2.07. The van der Waals surface area contributed by atoms with Gasteiger partial charge in [-0.25, -0.2) is 4.79 Å². The predicted molar refractivity (Wildman–Crippen MR) is 105 cm³/mol. The Hall–Kier alpha value is -2.41. The summed E-state index contributed by atoms with van der Waals surface area (Å²) in [6.45, 7) is 6.12. The van der Waals surface area contributed by atoms with Crippen molar-refractivity contribution in [3.63, 3.8) is 0 Å². The highest BCUT2D eigenvalue weighted by Gasteiger charge is 2.33. The number of carbonyl (C=O) groups excluding carboxylic acids is 2. The largest absolute Gasteiger partial charge is 0.480 e. The minimum absolute atomic E-state index is 0.130. The number of amides is 2. The van der Waals surface area contributed by atoms with Crippen molar-refractivity contribution in [2.75, 3.05) is 13.2 Å². The van der Waals surface area contributed by atoms with Crippen LogP contribution in [0.15, 0.2) is 24.3 Å². The molecule has 7 nitrogen and oxygen atoms in total. The second-order valence-electron chi connectivity index (χ2n) is 7.76. The number of nitrogens with one attached hydrogen (secondary N) is 2. The molecule has 2 unspecified atom stereocenters. The van der Waals surface area contributed by atoms with Crippen LogP contribution in [0.25, 0.3) is 0 Å². The third-order valence-electron chi connectivity index (χ3n) is 4.83. The number of carbonyl (C=O) groups is 3. The normalized spacial score (nSPS) is 20.4. The molecule has 1 saturated heterocycles. The third-order valence-corrected chi connectivity index (χ3v) is 4.83. The molecular weight excluding hydrogens is 360 g/mol. The summed E-state index contributed by atoms with van der Waals surface area (Å²) in [4.78, 5) is 36.0. The summed E-state index contributed by atoms with van der Waals surface area (Å²) in [6.07, 6.45) is 1.45. The van der Waals surface area contributed by atoms with Crippen molar-refractivity contribution in [1.29, 1.82) is 0 Å². The summed E-state index contributed by atoms with van der Waals surface area (Å²) in [5, 5.41) is 14.3. The van der Waals surface area contributed by atoms with Crippen LogP contribution in [0, 0.1) is 18.8 Å². The first-order valence-corrected chi connectivity index (χ1v) is 9.76. The monoisotopic (exact) mass is 390 g/mol. The zero-order valence-corrected chi connectivity index (χ0v) is 16.7. The molecule has 0 aromatic heterocycles. The molecule has 2 amide bonds. The van der Waals surface area contributed by atoms with E-state index in [9.17, 15) is 19.5 Å². The number of carboxylic acid groups (broad SMARTS) is 1. The molecule has 0 spiro atoms. The van der Waals surface area contributed by atoms with Gasteiger partial charge in [0.2, 0.25) is 11.8 Å². The first kappa shape index (κ1) is 21.9. The highest BCUT2D eigenvalue weighted by Crippen LogP contribution is 2.33. The Balaban J connectivity index is 1.93. The molecule has 1 aromatic rings. The molecule has 28 heavy (non-hydrogen) atoms. The molecule has 1 aromatic carbocycles. The Morgan fingerprint density at radius 1 is 1.21 bits per heavy atom. The molecule has 3 N–H and O–H groups in total. The lowest BCUT2D eigenvalue weighted by Crippen LogP contribution is -2.47. The molecule has 0 bridgehead atoms. The molecule has 154 valence electrons. The molecule has 0 radical (unpaired) electrons. The molecule has 1 aliphatic rings. The molecule has 3 atom stereocenters. The zero-order chi connectivity index (χ0) is 20.7. The van der Waals surface area contributed by atoms with Gasteiger partial charge in [0.25, 0.3) is 0 Å². The fraction of sp³-hybridized carbons (Fsp3) is 0.571. The summed E-state index contributed by atoms with van der Waals surface area (Å²) in [6, 6.07) is 6.93. The van der Waals surface area contributed by atoms with Crippen LogP contribution in [0.2, 0.25) is 0 Å². The van der Waals surface area contributed by atoms with Crippen molar-refractivity contribution in [3.8, 4) is 0 Å². The summed E-state index contributed by atoms with van der Waals surface area (Å²) in [7, 11) is 0. The molecular formula is C21H30N2O5. The highest BCUT2D eigenvalue weighted by atomic mass is 16.5. The number of carboxylic acids is 1. The first-order chi connectivity index (χ1) is 13.3. The van der Waals surface area contributed by atoms with Gasteiger partial charge in [0.1, 0.15) is 6.04 Å². The lowest BCUT2D eigenvalue weighted by molar-refractivity contribution is -0.142. The van der Waals surface area contributed by atoms with Gasteiger partial charge in [0.15, 0.2) is 0 Å². The van der Waals surface area contributed by atoms with Crippen molar-refractivity contribution < 1.29 is 24.2 Å². The summed E-state index contributed by atoms with van der Waals surface area (Å²) < 4.78 is 5.85. The second kappa shape index (κ2) is 10.2. The van der Waals surface area contributed by atoms with E-state index in [0.717, 1.165) is 17.5 Å². The number of aryl methyl sites for hydroxylation is 1. The minimum atomic E-state index is -1.08. The van der Waals surface area contributed by atoms with Crippen LogP contribution in [0.4, 0.5) is 0 Å². The lowest BCUT2D eigenvalue weighted by atomic mass is 9.88. The third kappa shape index (κ3) is 6.34. The number of benzene rings is 1. The average Bonchev–Trinajstić information content (AvgIpc) is 2.66. The predicted octanol–water partition coefficient (Wildman–Crippen LogP) is 2.19. The van der Waals surface area contributed by atoms with Crippen LogP contribution >= 0.6 is 0 Å². The van der Waals surface area contributed by atoms with E-state index in [1.807, 2.05) is 45.0 Å². The molecule has 0 saturated carbocycles. The molecule has 2 rings (SSSR count). The quantitative estimate of drug-likeness (QED) is 0.631. The maximum Gasteiger partial charge on any atom is 0.326 e. The van der Waals surface area contributed by atoms with Gasteiger partial charge in [-0.15, -0.1) is 0 Å². The number of hydrogen-bond donors (Lipinski definition) is 3. The van der Waals surface area contributed by atoms with Crippen molar-refractivity contribution in [3.05, 3.63) is 35.4 Å². The van der Waals surface area contributed by atoms with Gasteiger partial charge in [-0.3, -0.25) is 9.59 Å². The average molecular weight is 390 g/mol. The highest BCUT2D eigenvalue weighted by molar-refractivity contribution is 5.88. The first-order valence-electron chi connectivity index (χ1n) is 9.76. The van der Waals surface area contributed by atoms with E-state index in [1.165, 1.54) is 0 Å². The van der Waals surface area contributed by atoms with E-state index in [0.29, 0.717) is 19.4 Å². The van der Waals surface area contributed by atoms with E-state index >= 15 is 0 Å². The van der Waals surface area contributed by atoms with E-state index in [4.69, 9.17) is 4.74 Å². The van der Waals surface area contributed by atoms with Crippen molar-refractivity contribution >= 4 is 17.8 Å². The summed E-state index contributed by atoms with van der Waals surface area (Å²) in [5.74, 6) is -2.09. The lowest BCUT2D eigenvalue weighted by Gasteiger charge is -2.31. The van der Waals surface area contributed by atoms with Gasteiger partial charge in [0.05, 0.1) is 18.6 Å². The van der Waals surface area contributed by atoms with E-state index in [2.05, 4.69) is 10.6 Å². The number of rotatable bonds is 8. The Kier molecular flexibility index (Phi) is 7.99. The molecule has 1 fully saturated rings. The maximum absolute atomic E-state index is 12.7. The zero-order valence-electron chi connectivity index (χ0n) is 16.7. The SMILES string of the molecule is Cc1ccc(C2OCCCC2C(=O)NCC(=O)N[C@@H](CC(C)C)C(=O)O)cc1. The fourth-order valence-corrected chi connectivity index (χ4v) is 3.37. The molecule has 1 aliphatic heterocycles. The maximum atomic E-state index is 12.7. The Labute approximate surface area is 165 Å². The standard InChI is InChI=1S/C21H30N2O5/c1-13(2)11-17(21(26)27)23-18(24)12-22-20(25)16-5-4-10-28-19(16)15-8-6-14(3)7-9-15/h6-9,13,16-17,19H,4-5,10-12H2,1-3H3,(H,22,25)(H,23,24)(H,26,27)/t16?,17-,19?/m0/s1. The van der Waals surface area contributed by atoms with Crippen LogP contribution < -0.4 is 10.6 Å². The van der Waals surface area contributed by atoms with Gasteiger partial charge in [-0.2, -0.15) is 0 Å². The van der Waals surface area contributed by atoms with Crippen LogP contribution in [0.3, 0.4) is 0 Å². The van der Waals surface area contributed by atoms with Crippen LogP contribution in [0.5, 0.6) is 0 Å². The van der Waals surface area contributed by atoms with Gasteiger partial charge in [-0.1, -0.05) is 43.7 Å². The second-order valence-corrected chi connectivity index (χ2v) is 7.76.